The number of hydrogen-bond donors (Lipinski definition) is 0. The van der Waals surface area contributed by atoms with E-state index in [1.165, 1.54) is 33.4 Å². The second-order valence-electron chi connectivity index (χ2n) is 15.3. The van der Waals surface area contributed by atoms with E-state index in [-0.39, 0.29) is 0 Å². The van der Waals surface area contributed by atoms with Gasteiger partial charge in [0.15, 0.2) is 0 Å². The summed E-state index contributed by atoms with van der Waals surface area (Å²) in [6, 6.07) is 21.6. The Kier molecular flexibility index (Phi) is 10.7. The van der Waals surface area contributed by atoms with E-state index < -0.39 is 31.6 Å². The van der Waals surface area contributed by atoms with Gasteiger partial charge in [-0.15, -0.1) is 0 Å². The van der Waals surface area contributed by atoms with Gasteiger partial charge in [-0.25, -0.2) is 0 Å². The molecule has 0 N–H and O–H groups in total. The van der Waals surface area contributed by atoms with Gasteiger partial charge >= 0.3 is 257 Å². The van der Waals surface area contributed by atoms with E-state index in [2.05, 4.69) is 149 Å². The molecule has 0 nitrogen and oxygen atoms in total. The standard InChI is InChI=1S/C37H56GeSi2/c1-24(2)28-18-15-19-29(25(3)4)34(28)32-22-17-23-33(36(32)38-37(39(9,10)11)40(12,13)14)35-30(26(5)6)20-16-21-31(35)27(7)8/h15-27,37H,1-14H3. The molecule has 0 amide bonds. The molecule has 2 radical (unpaired) electrons. The van der Waals surface area contributed by atoms with Gasteiger partial charge in [0.1, 0.15) is 0 Å². The van der Waals surface area contributed by atoms with Crippen molar-refractivity contribution in [1.82, 2.24) is 0 Å². The van der Waals surface area contributed by atoms with Crippen molar-refractivity contribution in [3.8, 4) is 22.3 Å². The fraction of sp³-hybridized carbons (Fsp3) is 0.514. The SMILES string of the molecule is CC(C)c1cccc(C(C)C)c1-c1cccc(-c2c(C(C)C)cccc2C(C)C)[c]1[Ge][CH]([Si](C)(C)C)[Si](C)(C)C. The molecule has 3 aromatic rings. The first-order valence-electron chi connectivity index (χ1n) is 15.6. The van der Waals surface area contributed by atoms with Crippen LogP contribution in [0.3, 0.4) is 0 Å². The molecule has 0 atom stereocenters. The van der Waals surface area contributed by atoms with Gasteiger partial charge in [0.25, 0.3) is 0 Å². The van der Waals surface area contributed by atoms with Crippen LogP contribution in [-0.4, -0.2) is 31.6 Å². The Balaban J connectivity index is 2.57. The summed E-state index contributed by atoms with van der Waals surface area (Å²) < 4.78 is 2.64. The second-order valence-corrected chi connectivity index (χ2v) is 31.8. The average molecular weight is 630 g/mol. The van der Waals surface area contributed by atoms with E-state index in [1.807, 2.05) is 0 Å². The van der Waals surface area contributed by atoms with Crippen LogP contribution in [0.25, 0.3) is 22.3 Å². The fourth-order valence-electron chi connectivity index (χ4n) is 6.72. The molecule has 0 aliphatic carbocycles. The van der Waals surface area contributed by atoms with E-state index in [0.717, 1.165) is 4.00 Å². The van der Waals surface area contributed by atoms with E-state index in [1.54, 1.807) is 15.5 Å². The third-order valence-corrected chi connectivity index (χ3v) is 31.8. The summed E-state index contributed by atoms with van der Waals surface area (Å²) in [5, 5.41) is 0. The molecule has 3 heteroatoms. The predicted molar refractivity (Wildman–Crippen MR) is 189 cm³/mol. The van der Waals surface area contributed by atoms with Crippen LogP contribution in [0.5, 0.6) is 0 Å². The molecule has 216 valence electrons. The molecule has 0 aliphatic heterocycles. The normalized spacial score (nSPS) is 13.0. The first-order valence-corrected chi connectivity index (χ1v) is 25.0. The van der Waals surface area contributed by atoms with E-state index >= 15 is 0 Å². The van der Waals surface area contributed by atoms with Crippen LogP contribution in [-0.2, 0) is 0 Å². The minimum absolute atomic E-state index is 0.412. The first kappa shape index (κ1) is 33.1. The Hall–Kier alpha value is -1.36. The third-order valence-electron chi connectivity index (χ3n) is 8.37. The molecule has 0 spiro atoms. The van der Waals surface area contributed by atoms with Gasteiger partial charge in [-0.2, -0.15) is 0 Å². The van der Waals surface area contributed by atoms with Crippen LogP contribution in [0.1, 0.15) is 101 Å². The van der Waals surface area contributed by atoms with Gasteiger partial charge in [0.2, 0.25) is 0 Å². The Bertz CT molecular complexity index is 1150. The molecule has 3 aromatic carbocycles. The minimum atomic E-state index is -1.38. The van der Waals surface area contributed by atoms with Crippen LogP contribution in [0.2, 0.25) is 43.3 Å². The Labute approximate surface area is 256 Å². The molecule has 0 saturated heterocycles. The van der Waals surface area contributed by atoms with Crippen molar-refractivity contribution in [3.05, 3.63) is 76.9 Å². The van der Waals surface area contributed by atoms with Gasteiger partial charge in [0, 0.05) is 0 Å². The van der Waals surface area contributed by atoms with E-state index in [0.29, 0.717) is 23.7 Å². The fourth-order valence-corrected chi connectivity index (χ4v) is 27.1. The molecule has 0 aliphatic rings. The molecule has 0 fully saturated rings. The molecule has 0 unspecified atom stereocenters. The summed E-state index contributed by atoms with van der Waals surface area (Å²) >= 11 is -0.412. The first-order chi connectivity index (χ1) is 18.5. The van der Waals surface area contributed by atoms with Crippen molar-refractivity contribution in [3.63, 3.8) is 0 Å². The average Bonchev–Trinajstić information content (AvgIpc) is 2.84. The monoisotopic (exact) mass is 630 g/mol. The zero-order chi connectivity index (χ0) is 30.2. The topological polar surface area (TPSA) is 0 Å². The second kappa shape index (κ2) is 12.9. The molecule has 3 rings (SSSR count). The van der Waals surface area contributed by atoms with Gasteiger partial charge < -0.3 is 0 Å². The van der Waals surface area contributed by atoms with Crippen LogP contribution in [0.4, 0.5) is 0 Å². The van der Waals surface area contributed by atoms with Crippen molar-refractivity contribution in [2.45, 2.75) is 122 Å². The molecule has 0 saturated carbocycles. The number of hydrogen-bond acceptors (Lipinski definition) is 0. The molecule has 40 heavy (non-hydrogen) atoms. The van der Waals surface area contributed by atoms with Crippen molar-refractivity contribution >= 4 is 36.0 Å². The van der Waals surface area contributed by atoms with Crippen molar-refractivity contribution in [1.29, 1.82) is 0 Å². The van der Waals surface area contributed by atoms with Gasteiger partial charge in [-0.1, -0.05) is 0 Å². The molecular formula is C37H56GeSi2. The van der Waals surface area contributed by atoms with Crippen LogP contribution in [0, 0.1) is 0 Å². The number of rotatable bonds is 10. The van der Waals surface area contributed by atoms with Crippen molar-refractivity contribution in [2.75, 3.05) is 0 Å². The maximum atomic E-state index is 2.64. The Morgan fingerprint density at radius 2 is 0.725 bits per heavy atom. The van der Waals surface area contributed by atoms with Crippen LogP contribution in [0.15, 0.2) is 54.6 Å². The summed E-state index contributed by atoms with van der Waals surface area (Å²) in [6.07, 6.45) is 0. The van der Waals surface area contributed by atoms with Crippen LogP contribution < -0.4 is 4.40 Å². The molecule has 0 aromatic heterocycles. The van der Waals surface area contributed by atoms with Gasteiger partial charge in [-0.05, 0) is 0 Å². The summed E-state index contributed by atoms with van der Waals surface area (Å²) in [5.74, 6) is 1.96. The summed E-state index contributed by atoms with van der Waals surface area (Å²) in [7, 11) is -2.75. The van der Waals surface area contributed by atoms with Crippen molar-refractivity contribution < 1.29 is 0 Å². The van der Waals surface area contributed by atoms with E-state index in [4.69, 9.17) is 0 Å². The number of benzene rings is 3. The predicted octanol–water partition coefficient (Wildman–Crippen LogP) is 11.4. The third kappa shape index (κ3) is 7.16. The summed E-state index contributed by atoms with van der Waals surface area (Å²) in [6.45, 7) is 34.9. The van der Waals surface area contributed by atoms with Gasteiger partial charge in [-0.3, -0.25) is 0 Å². The van der Waals surface area contributed by atoms with E-state index in [9.17, 15) is 0 Å². The summed E-state index contributed by atoms with van der Waals surface area (Å²) in [5.41, 5.74) is 12.2. The van der Waals surface area contributed by atoms with Crippen LogP contribution >= 0.6 is 0 Å². The Morgan fingerprint density at radius 3 is 0.975 bits per heavy atom. The maximum absolute atomic E-state index is 2.64. The molecule has 0 heterocycles. The zero-order valence-electron chi connectivity index (χ0n) is 28.1. The Morgan fingerprint density at radius 1 is 0.450 bits per heavy atom. The molecular weight excluding hydrogens is 573 g/mol. The van der Waals surface area contributed by atoms with Gasteiger partial charge in [0.05, 0.1) is 0 Å². The molecule has 0 bridgehead atoms. The summed E-state index contributed by atoms with van der Waals surface area (Å²) in [4.78, 5) is 0. The quantitative estimate of drug-likeness (QED) is 0.196. The van der Waals surface area contributed by atoms with Crippen molar-refractivity contribution in [2.24, 2.45) is 0 Å². The zero-order valence-corrected chi connectivity index (χ0v) is 32.2.